The monoisotopic (exact) mass is 263 g/mol. The first-order chi connectivity index (χ1) is 7.42. The average Bonchev–Trinajstić information content (AvgIpc) is 2.60. The number of ether oxygens (including phenoxy) is 1. The van der Waals surface area contributed by atoms with E-state index in [1.165, 1.54) is 11.3 Å². The van der Waals surface area contributed by atoms with Crippen LogP contribution in [-0.2, 0) is 14.8 Å². The molecule has 0 bridgehead atoms. The Morgan fingerprint density at radius 3 is 2.62 bits per heavy atom. The second-order valence-electron chi connectivity index (χ2n) is 3.68. The number of hydrogen-bond acceptors (Lipinski definition) is 4. The zero-order valence-electron chi connectivity index (χ0n) is 9.69. The topological polar surface area (TPSA) is 55.4 Å². The molecule has 0 saturated carbocycles. The molecular formula is C10H17NO3S2. The quantitative estimate of drug-likeness (QED) is 0.796. The molecule has 1 rings (SSSR count). The van der Waals surface area contributed by atoms with Gasteiger partial charge in [-0.2, -0.15) is 0 Å². The number of hydrogen-bond donors (Lipinski definition) is 1. The van der Waals surface area contributed by atoms with Crippen LogP contribution in [0, 0.1) is 6.92 Å². The van der Waals surface area contributed by atoms with Gasteiger partial charge in [-0.1, -0.05) is 0 Å². The molecule has 0 aliphatic heterocycles. The zero-order chi connectivity index (χ0) is 12.2. The van der Waals surface area contributed by atoms with Crippen molar-refractivity contribution in [2.75, 3.05) is 13.2 Å². The van der Waals surface area contributed by atoms with Gasteiger partial charge in [0, 0.05) is 11.4 Å². The Labute approximate surface area is 101 Å². The first-order valence-corrected chi connectivity index (χ1v) is 7.39. The summed E-state index contributed by atoms with van der Waals surface area (Å²) in [5, 5.41) is 0. The lowest BCUT2D eigenvalue weighted by molar-refractivity contribution is 0.0834. The number of rotatable bonds is 6. The summed E-state index contributed by atoms with van der Waals surface area (Å²) in [6.45, 7) is 6.40. The molecule has 0 amide bonds. The fourth-order valence-electron chi connectivity index (χ4n) is 1.10. The minimum atomic E-state index is -3.35. The van der Waals surface area contributed by atoms with Crippen molar-refractivity contribution < 1.29 is 13.2 Å². The number of sulfonamides is 1. The van der Waals surface area contributed by atoms with Gasteiger partial charge in [0.2, 0.25) is 10.0 Å². The number of aryl methyl sites for hydroxylation is 1. The summed E-state index contributed by atoms with van der Waals surface area (Å²) >= 11 is 1.27. The van der Waals surface area contributed by atoms with E-state index in [0.717, 1.165) is 4.88 Å². The van der Waals surface area contributed by atoms with E-state index in [4.69, 9.17) is 4.74 Å². The van der Waals surface area contributed by atoms with Crippen LogP contribution in [0.5, 0.6) is 0 Å². The fraction of sp³-hybridized carbons (Fsp3) is 0.600. The average molecular weight is 263 g/mol. The predicted molar refractivity (Wildman–Crippen MR) is 65.3 cm³/mol. The highest BCUT2D eigenvalue weighted by molar-refractivity contribution is 7.91. The molecule has 1 heterocycles. The van der Waals surface area contributed by atoms with Gasteiger partial charge in [0.05, 0.1) is 12.7 Å². The van der Waals surface area contributed by atoms with Gasteiger partial charge in [0.1, 0.15) is 4.21 Å². The van der Waals surface area contributed by atoms with Gasteiger partial charge in [0.15, 0.2) is 0 Å². The maximum absolute atomic E-state index is 11.7. The van der Waals surface area contributed by atoms with Crippen LogP contribution in [0.1, 0.15) is 18.7 Å². The fourth-order valence-corrected chi connectivity index (χ4v) is 3.44. The van der Waals surface area contributed by atoms with Crippen LogP contribution in [0.2, 0.25) is 0 Å². The number of nitrogens with one attached hydrogen (secondary N) is 1. The van der Waals surface area contributed by atoms with E-state index in [0.29, 0.717) is 17.4 Å². The van der Waals surface area contributed by atoms with Crippen molar-refractivity contribution in [3.8, 4) is 0 Å². The van der Waals surface area contributed by atoms with Crippen molar-refractivity contribution in [1.29, 1.82) is 0 Å². The molecule has 0 aromatic carbocycles. The van der Waals surface area contributed by atoms with Crippen LogP contribution in [0.4, 0.5) is 0 Å². The van der Waals surface area contributed by atoms with E-state index in [1.807, 2.05) is 20.8 Å². The molecule has 0 atom stereocenters. The van der Waals surface area contributed by atoms with Gasteiger partial charge in [-0.15, -0.1) is 11.3 Å². The number of thiophene rings is 1. The highest BCUT2D eigenvalue weighted by Gasteiger charge is 2.15. The third-order valence-electron chi connectivity index (χ3n) is 1.83. The Kier molecular flexibility index (Phi) is 4.91. The summed E-state index contributed by atoms with van der Waals surface area (Å²) in [6, 6.07) is 3.41. The van der Waals surface area contributed by atoms with E-state index in [1.54, 1.807) is 12.1 Å². The molecule has 16 heavy (non-hydrogen) atoms. The zero-order valence-corrected chi connectivity index (χ0v) is 11.3. The van der Waals surface area contributed by atoms with E-state index >= 15 is 0 Å². The Hall–Kier alpha value is -0.430. The van der Waals surface area contributed by atoms with E-state index < -0.39 is 10.0 Å². The van der Waals surface area contributed by atoms with Gasteiger partial charge >= 0.3 is 0 Å². The van der Waals surface area contributed by atoms with Crippen LogP contribution in [0.3, 0.4) is 0 Å². The molecule has 92 valence electrons. The molecule has 1 N–H and O–H groups in total. The second kappa shape index (κ2) is 5.77. The summed E-state index contributed by atoms with van der Waals surface area (Å²) in [6.07, 6.45) is 0.119. The van der Waals surface area contributed by atoms with Crippen molar-refractivity contribution in [2.45, 2.75) is 31.1 Å². The summed E-state index contributed by atoms with van der Waals surface area (Å²) in [4.78, 5) is 0.985. The van der Waals surface area contributed by atoms with E-state index in [-0.39, 0.29) is 6.10 Å². The maximum atomic E-state index is 11.7. The highest BCUT2D eigenvalue weighted by atomic mass is 32.2. The van der Waals surface area contributed by atoms with Gasteiger partial charge in [-0.25, -0.2) is 13.1 Å². The minimum absolute atomic E-state index is 0.119. The van der Waals surface area contributed by atoms with Crippen LogP contribution >= 0.6 is 11.3 Å². The molecule has 4 nitrogen and oxygen atoms in total. The lowest BCUT2D eigenvalue weighted by Crippen LogP contribution is -2.27. The standard InChI is InChI=1S/C10H17NO3S2/c1-8(2)14-7-6-11-16(12,13)10-5-4-9(3)15-10/h4-5,8,11H,6-7H2,1-3H3. The molecule has 1 aromatic heterocycles. The second-order valence-corrected chi connectivity index (χ2v) is 6.96. The molecular weight excluding hydrogens is 246 g/mol. The molecule has 0 spiro atoms. The maximum Gasteiger partial charge on any atom is 0.250 e. The molecule has 0 fully saturated rings. The molecule has 6 heteroatoms. The predicted octanol–water partition coefficient (Wildman–Crippen LogP) is 1.76. The van der Waals surface area contributed by atoms with Crippen molar-refractivity contribution in [3.63, 3.8) is 0 Å². The van der Waals surface area contributed by atoms with Crippen molar-refractivity contribution in [1.82, 2.24) is 4.72 Å². The Bertz CT molecular complexity index is 423. The van der Waals surface area contributed by atoms with E-state index in [9.17, 15) is 8.42 Å². The first kappa shape index (κ1) is 13.6. The molecule has 1 aromatic rings. The van der Waals surface area contributed by atoms with Crippen LogP contribution in [-0.4, -0.2) is 27.7 Å². The largest absolute Gasteiger partial charge is 0.377 e. The third-order valence-corrected chi connectivity index (χ3v) is 4.78. The third kappa shape index (κ3) is 4.21. The van der Waals surface area contributed by atoms with Crippen LogP contribution in [0.25, 0.3) is 0 Å². The van der Waals surface area contributed by atoms with Gasteiger partial charge in [0.25, 0.3) is 0 Å². The lowest BCUT2D eigenvalue weighted by Gasteiger charge is -2.08. The molecule has 0 unspecified atom stereocenters. The van der Waals surface area contributed by atoms with Crippen molar-refractivity contribution in [3.05, 3.63) is 17.0 Å². The molecule has 0 aliphatic rings. The Balaban J connectivity index is 2.47. The smallest absolute Gasteiger partial charge is 0.250 e. The van der Waals surface area contributed by atoms with Gasteiger partial charge < -0.3 is 4.74 Å². The van der Waals surface area contributed by atoms with Crippen molar-refractivity contribution >= 4 is 21.4 Å². The molecule has 0 radical (unpaired) electrons. The summed E-state index contributed by atoms with van der Waals surface area (Å²) in [5.41, 5.74) is 0. The molecule has 0 aliphatic carbocycles. The highest BCUT2D eigenvalue weighted by Crippen LogP contribution is 2.19. The van der Waals surface area contributed by atoms with Gasteiger partial charge in [-0.05, 0) is 32.9 Å². The SMILES string of the molecule is Cc1ccc(S(=O)(=O)NCCOC(C)C)s1. The van der Waals surface area contributed by atoms with Crippen molar-refractivity contribution in [2.24, 2.45) is 0 Å². The Morgan fingerprint density at radius 1 is 1.44 bits per heavy atom. The Morgan fingerprint density at radius 2 is 2.12 bits per heavy atom. The van der Waals surface area contributed by atoms with E-state index in [2.05, 4.69) is 4.72 Å². The first-order valence-electron chi connectivity index (χ1n) is 5.09. The normalized spacial score (nSPS) is 12.2. The van der Waals surface area contributed by atoms with Crippen LogP contribution < -0.4 is 4.72 Å². The van der Waals surface area contributed by atoms with Gasteiger partial charge in [-0.3, -0.25) is 0 Å². The summed E-state index contributed by atoms with van der Waals surface area (Å²) < 4.78 is 31.6. The van der Waals surface area contributed by atoms with Crippen LogP contribution in [0.15, 0.2) is 16.3 Å². The minimum Gasteiger partial charge on any atom is -0.377 e. The summed E-state index contributed by atoms with van der Waals surface area (Å²) in [5.74, 6) is 0. The lowest BCUT2D eigenvalue weighted by atomic mass is 10.5. The summed E-state index contributed by atoms with van der Waals surface area (Å²) in [7, 11) is -3.35. The molecule has 0 saturated heterocycles.